The molecule has 0 radical (unpaired) electrons. The van der Waals surface area contributed by atoms with Crippen molar-refractivity contribution in [2.24, 2.45) is 0 Å². The van der Waals surface area contributed by atoms with E-state index in [4.69, 9.17) is 6.58 Å². The minimum atomic E-state index is -2.35. The fraction of sp³-hybridized carbons (Fsp3) is 0.355. The van der Waals surface area contributed by atoms with Gasteiger partial charge in [0.2, 0.25) is 0 Å². The zero-order valence-electron chi connectivity index (χ0n) is 20.3. The molecule has 0 aliphatic carbocycles. The molecule has 3 aromatic rings. The van der Waals surface area contributed by atoms with Crippen molar-refractivity contribution in [2.45, 2.75) is 70.8 Å². The Hall–Kier alpha value is -2.42. The van der Waals surface area contributed by atoms with Crippen molar-refractivity contribution in [1.29, 1.82) is 0 Å². The quantitative estimate of drug-likeness (QED) is 0.175. The van der Waals surface area contributed by atoms with Gasteiger partial charge in [0.1, 0.15) is 0 Å². The predicted molar refractivity (Wildman–Crippen MR) is 146 cm³/mol. The average Bonchev–Trinajstić information content (AvgIpc) is 2.88. The van der Waals surface area contributed by atoms with Crippen molar-refractivity contribution in [3.63, 3.8) is 0 Å². The number of hydrogen-bond acceptors (Lipinski definition) is 1. The van der Waals surface area contributed by atoms with Crippen LogP contribution in [0.2, 0.25) is 0 Å². The van der Waals surface area contributed by atoms with E-state index >= 15 is 0 Å². The smallest absolute Gasteiger partial charge is 0.175 e. The van der Waals surface area contributed by atoms with Gasteiger partial charge in [-0.15, -0.1) is 6.58 Å². The van der Waals surface area contributed by atoms with Gasteiger partial charge in [-0.3, -0.25) is 0 Å². The number of unbranched alkanes of at least 4 members (excludes halogenated alkanes) is 5. The summed E-state index contributed by atoms with van der Waals surface area (Å²) in [5, 5.41) is 15.4. The maximum Gasteiger partial charge on any atom is 0.175 e. The second-order valence-electron chi connectivity index (χ2n) is 9.17. The van der Waals surface area contributed by atoms with Gasteiger partial charge in [-0.1, -0.05) is 135 Å². The highest BCUT2D eigenvalue weighted by Gasteiger charge is 2.41. The SMILES string of the molecule is C=C(CCCCCCCCC(O)CC)[Si](c1ccccc1)(c1ccccc1)c1ccccc1. The van der Waals surface area contributed by atoms with Gasteiger partial charge in [-0.2, -0.15) is 0 Å². The van der Waals surface area contributed by atoms with E-state index in [0.29, 0.717) is 0 Å². The zero-order chi connectivity index (χ0) is 23.4. The first-order valence-electron chi connectivity index (χ1n) is 12.7. The number of hydrogen-bond donors (Lipinski definition) is 1. The highest BCUT2D eigenvalue weighted by molar-refractivity contribution is 7.16. The first-order chi connectivity index (χ1) is 16.2. The Morgan fingerprint density at radius 3 is 1.48 bits per heavy atom. The molecule has 0 saturated heterocycles. The Kier molecular flexibility index (Phi) is 10.2. The zero-order valence-corrected chi connectivity index (χ0v) is 21.3. The minimum Gasteiger partial charge on any atom is -0.393 e. The van der Waals surface area contributed by atoms with Crippen LogP contribution in [0.5, 0.6) is 0 Å². The Bertz CT molecular complexity index is 840. The monoisotopic (exact) mass is 456 g/mol. The van der Waals surface area contributed by atoms with Crippen molar-refractivity contribution in [3.8, 4) is 0 Å². The highest BCUT2D eigenvalue weighted by Crippen LogP contribution is 2.22. The summed E-state index contributed by atoms with van der Waals surface area (Å²) >= 11 is 0. The lowest BCUT2D eigenvalue weighted by molar-refractivity contribution is 0.156. The minimum absolute atomic E-state index is 0.111. The van der Waals surface area contributed by atoms with Gasteiger partial charge in [-0.05, 0) is 41.2 Å². The molecule has 0 heterocycles. The summed E-state index contributed by atoms with van der Waals surface area (Å²) < 4.78 is 0. The standard InChI is InChI=1S/C31H40OSi/c1-3-28(32)20-12-7-5-4-6-11-19-27(2)33(29-21-13-8-14-22-29,30-23-15-9-16-24-30)31-25-17-10-18-26-31/h8-10,13-18,21-26,28,32H,2-7,11-12,19-20H2,1H3. The van der Waals surface area contributed by atoms with Gasteiger partial charge >= 0.3 is 0 Å². The molecule has 1 nitrogen and oxygen atoms in total. The molecule has 3 rings (SSSR count). The molecule has 2 heteroatoms. The second kappa shape index (κ2) is 13.3. The summed E-state index contributed by atoms with van der Waals surface area (Å²) in [5.41, 5.74) is 0. The van der Waals surface area contributed by atoms with Crippen molar-refractivity contribution >= 4 is 23.6 Å². The molecule has 3 aromatic carbocycles. The van der Waals surface area contributed by atoms with Gasteiger partial charge in [-0.25, -0.2) is 0 Å². The second-order valence-corrected chi connectivity index (χ2v) is 13.1. The maximum atomic E-state index is 9.71. The van der Waals surface area contributed by atoms with Gasteiger partial charge in [0, 0.05) is 0 Å². The number of aliphatic hydroxyl groups excluding tert-OH is 1. The van der Waals surface area contributed by atoms with Gasteiger partial charge in [0.25, 0.3) is 0 Å². The van der Waals surface area contributed by atoms with Crippen LogP contribution >= 0.6 is 0 Å². The molecule has 1 unspecified atom stereocenters. The summed E-state index contributed by atoms with van der Waals surface area (Å²) in [6.45, 7) is 6.82. The molecule has 0 bridgehead atoms. The van der Waals surface area contributed by atoms with Crippen LogP contribution in [0.25, 0.3) is 0 Å². The lowest BCUT2D eigenvalue weighted by Gasteiger charge is -2.36. The Morgan fingerprint density at radius 2 is 1.06 bits per heavy atom. The lowest BCUT2D eigenvalue weighted by Crippen LogP contribution is -2.68. The molecule has 33 heavy (non-hydrogen) atoms. The van der Waals surface area contributed by atoms with E-state index in [0.717, 1.165) is 25.7 Å². The highest BCUT2D eigenvalue weighted by atomic mass is 28.3. The molecular formula is C31H40OSi. The van der Waals surface area contributed by atoms with Gasteiger partial charge < -0.3 is 5.11 Å². The molecule has 0 aromatic heterocycles. The van der Waals surface area contributed by atoms with E-state index in [-0.39, 0.29) is 6.10 Å². The average molecular weight is 457 g/mol. The van der Waals surface area contributed by atoms with E-state index in [2.05, 4.69) is 97.9 Å². The van der Waals surface area contributed by atoms with Crippen molar-refractivity contribution in [3.05, 3.63) is 103 Å². The summed E-state index contributed by atoms with van der Waals surface area (Å²) in [7, 11) is -2.35. The van der Waals surface area contributed by atoms with Crippen molar-refractivity contribution in [1.82, 2.24) is 0 Å². The Morgan fingerprint density at radius 1 is 0.667 bits per heavy atom. The molecular weight excluding hydrogens is 416 g/mol. The molecule has 174 valence electrons. The van der Waals surface area contributed by atoms with Crippen LogP contribution in [-0.4, -0.2) is 19.3 Å². The van der Waals surface area contributed by atoms with E-state index in [1.54, 1.807) is 0 Å². The number of benzene rings is 3. The summed E-state index contributed by atoms with van der Waals surface area (Å²) in [6.07, 6.45) is 10.1. The topological polar surface area (TPSA) is 20.2 Å². The van der Waals surface area contributed by atoms with Crippen LogP contribution in [0.1, 0.15) is 64.7 Å². The van der Waals surface area contributed by atoms with Crippen LogP contribution in [0, 0.1) is 0 Å². The summed E-state index contributed by atoms with van der Waals surface area (Å²) in [5.74, 6) is 0. The maximum absolute atomic E-state index is 9.71. The lowest BCUT2D eigenvalue weighted by atomic mass is 10.1. The number of allylic oxidation sites excluding steroid dienone is 1. The molecule has 0 saturated carbocycles. The number of rotatable bonds is 14. The fourth-order valence-electron chi connectivity index (χ4n) is 4.99. The molecule has 1 atom stereocenters. The first kappa shape index (κ1) is 25.2. The third-order valence-corrected chi connectivity index (χ3v) is 11.8. The van der Waals surface area contributed by atoms with Crippen LogP contribution < -0.4 is 15.6 Å². The molecule has 0 aliphatic heterocycles. The first-order valence-corrected chi connectivity index (χ1v) is 14.7. The molecule has 0 amide bonds. The van der Waals surface area contributed by atoms with Gasteiger partial charge in [0.05, 0.1) is 6.10 Å². The van der Waals surface area contributed by atoms with Crippen molar-refractivity contribution < 1.29 is 5.11 Å². The van der Waals surface area contributed by atoms with E-state index < -0.39 is 8.07 Å². The summed E-state index contributed by atoms with van der Waals surface area (Å²) in [4.78, 5) is 0. The molecule has 0 fully saturated rings. The molecule has 0 aliphatic rings. The fourth-order valence-corrected chi connectivity index (χ4v) is 9.85. The molecule has 1 N–H and O–H groups in total. The third kappa shape index (κ3) is 6.56. The molecule has 0 spiro atoms. The van der Waals surface area contributed by atoms with E-state index in [1.165, 1.54) is 52.9 Å². The van der Waals surface area contributed by atoms with Crippen LogP contribution in [-0.2, 0) is 0 Å². The van der Waals surface area contributed by atoms with Crippen molar-refractivity contribution in [2.75, 3.05) is 0 Å². The predicted octanol–water partition coefficient (Wildman–Crippen LogP) is 6.14. The van der Waals surface area contributed by atoms with Crippen LogP contribution in [0.15, 0.2) is 103 Å². The van der Waals surface area contributed by atoms with E-state index in [9.17, 15) is 5.11 Å². The van der Waals surface area contributed by atoms with E-state index in [1.807, 2.05) is 0 Å². The van der Waals surface area contributed by atoms with Crippen LogP contribution in [0.3, 0.4) is 0 Å². The summed E-state index contributed by atoms with van der Waals surface area (Å²) in [6, 6.07) is 33.2. The Labute approximate surface area is 202 Å². The third-order valence-electron chi connectivity index (χ3n) is 6.89. The largest absolute Gasteiger partial charge is 0.393 e. The Balaban J connectivity index is 1.74. The van der Waals surface area contributed by atoms with Crippen LogP contribution in [0.4, 0.5) is 0 Å². The van der Waals surface area contributed by atoms with Gasteiger partial charge in [0.15, 0.2) is 8.07 Å². The number of aliphatic hydroxyl groups is 1. The normalized spacial score (nSPS) is 12.4.